The molecule has 1 aromatic carbocycles. The molecule has 0 radical (unpaired) electrons. The molecule has 4 amide bonds. The molecule has 2 N–H and O–H groups in total. The fraction of sp³-hybridized carbons (Fsp3) is 0.471. The Morgan fingerprint density at radius 3 is 2.67 bits per heavy atom. The zero-order valence-electron chi connectivity index (χ0n) is 13.6. The van der Waals surface area contributed by atoms with Crippen LogP contribution in [0, 0.1) is 0 Å². The number of nitrogens with zero attached hydrogens (tertiary/aromatic N) is 1. The van der Waals surface area contributed by atoms with E-state index in [1.807, 2.05) is 29.2 Å². The molecule has 0 unspecified atom stereocenters. The van der Waals surface area contributed by atoms with E-state index in [1.165, 1.54) is 0 Å². The molecule has 2 aliphatic heterocycles. The number of rotatable bonds is 5. The molecule has 2 heterocycles. The highest BCUT2D eigenvalue weighted by atomic mass is 16.5. The molecule has 2 atom stereocenters. The predicted molar refractivity (Wildman–Crippen MR) is 86.5 cm³/mol. The number of hydrogen-bond acceptors (Lipinski definition) is 4. The van der Waals surface area contributed by atoms with Crippen LogP contribution in [0.3, 0.4) is 0 Å². The van der Waals surface area contributed by atoms with E-state index in [0.29, 0.717) is 6.54 Å². The van der Waals surface area contributed by atoms with E-state index in [-0.39, 0.29) is 18.4 Å². The molecule has 3 rings (SSSR count). The van der Waals surface area contributed by atoms with Crippen molar-refractivity contribution in [2.75, 3.05) is 13.7 Å². The van der Waals surface area contributed by atoms with Gasteiger partial charge in [0.25, 0.3) is 5.91 Å². The number of amides is 4. The van der Waals surface area contributed by atoms with E-state index in [0.717, 1.165) is 30.6 Å². The number of benzene rings is 1. The molecular weight excluding hydrogens is 310 g/mol. The Labute approximate surface area is 140 Å². The summed E-state index contributed by atoms with van der Waals surface area (Å²) in [6, 6.07) is 6.67. The SMILES string of the molecule is COc1ccc(C[C@H]2CCCN2C(=O)C[C@@H]2NC(=O)NC2=O)cc1. The molecule has 0 aliphatic carbocycles. The number of nitrogens with one attached hydrogen (secondary N) is 2. The minimum atomic E-state index is -0.757. The zero-order valence-corrected chi connectivity index (χ0v) is 13.6. The number of imide groups is 1. The summed E-state index contributed by atoms with van der Waals surface area (Å²) in [7, 11) is 1.63. The molecule has 0 saturated carbocycles. The van der Waals surface area contributed by atoms with Gasteiger partial charge in [0, 0.05) is 12.6 Å². The minimum Gasteiger partial charge on any atom is -0.497 e. The van der Waals surface area contributed by atoms with Crippen LogP contribution in [0.4, 0.5) is 4.79 Å². The van der Waals surface area contributed by atoms with Crippen LogP contribution < -0.4 is 15.4 Å². The normalized spacial score (nSPS) is 23.1. The van der Waals surface area contributed by atoms with Gasteiger partial charge in [-0.25, -0.2) is 4.79 Å². The summed E-state index contributed by atoms with van der Waals surface area (Å²) in [5, 5.41) is 4.63. The first-order valence-electron chi connectivity index (χ1n) is 8.10. The molecular formula is C17H21N3O4. The van der Waals surface area contributed by atoms with E-state index >= 15 is 0 Å². The molecule has 128 valence electrons. The topological polar surface area (TPSA) is 87.7 Å². The third-order valence-corrected chi connectivity index (χ3v) is 4.57. The molecule has 7 nitrogen and oxygen atoms in total. The van der Waals surface area contributed by atoms with E-state index in [2.05, 4.69) is 10.6 Å². The summed E-state index contributed by atoms with van der Waals surface area (Å²) in [6.45, 7) is 0.696. The van der Waals surface area contributed by atoms with Crippen molar-refractivity contribution in [2.24, 2.45) is 0 Å². The monoisotopic (exact) mass is 331 g/mol. The smallest absolute Gasteiger partial charge is 0.322 e. The molecule has 0 spiro atoms. The van der Waals surface area contributed by atoms with Gasteiger partial charge >= 0.3 is 6.03 Å². The fourth-order valence-electron chi connectivity index (χ4n) is 3.30. The standard InChI is InChI=1S/C17H21N3O4/c1-24-13-6-4-11(5-7-13)9-12-3-2-8-20(12)15(21)10-14-16(22)19-17(23)18-14/h4-7,12,14H,2-3,8-10H2,1H3,(H2,18,19,22,23)/t12-,14+/m1/s1. The number of likely N-dealkylation sites (tertiary alicyclic amines) is 1. The van der Waals surface area contributed by atoms with Crippen LogP contribution >= 0.6 is 0 Å². The Kier molecular flexibility index (Phi) is 4.69. The average molecular weight is 331 g/mol. The highest BCUT2D eigenvalue weighted by molar-refractivity contribution is 6.05. The number of carbonyl (C=O) groups excluding carboxylic acids is 3. The van der Waals surface area contributed by atoms with E-state index in [1.54, 1.807) is 7.11 Å². The first-order valence-corrected chi connectivity index (χ1v) is 8.10. The fourth-order valence-corrected chi connectivity index (χ4v) is 3.30. The minimum absolute atomic E-state index is 0.0106. The molecule has 0 bridgehead atoms. The Balaban J connectivity index is 1.60. The molecule has 2 saturated heterocycles. The number of methoxy groups -OCH3 is 1. The van der Waals surface area contributed by atoms with E-state index in [4.69, 9.17) is 4.74 Å². The van der Waals surface area contributed by atoms with Crippen molar-refractivity contribution in [1.29, 1.82) is 0 Å². The lowest BCUT2D eigenvalue weighted by atomic mass is 10.0. The maximum Gasteiger partial charge on any atom is 0.322 e. The first kappa shape index (κ1) is 16.3. The number of ether oxygens (including phenoxy) is 1. The van der Waals surface area contributed by atoms with Crippen LogP contribution in [0.1, 0.15) is 24.8 Å². The second kappa shape index (κ2) is 6.90. The van der Waals surface area contributed by atoms with Gasteiger partial charge in [0.2, 0.25) is 5.91 Å². The quantitative estimate of drug-likeness (QED) is 0.782. The van der Waals surface area contributed by atoms with Gasteiger partial charge in [-0.2, -0.15) is 0 Å². The van der Waals surface area contributed by atoms with Gasteiger partial charge in [0.15, 0.2) is 0 Å². The zero-order chi connectivity index (χ0) is 17.1. The molecule has 1 aromatic rings. The highest BCUT2D eigenvalue weighted by Crippen LogP contribution is 2.23. The Bertz CT molecular complexity index is 644. The van der Waals surface area contributed by atoms with Crippen molar-refractivity contribution in [3.8, 4) is 5.75 Å². The lowest BCUT2D eigenvalue weighted by Gasteiger charge is -2.25. The Hall–Kier alpha value is -2.57. The van der Waals surface area contributed by atoms with Crippen molar-refractivity contribution in [3.63, 3.8) is 0 Å². The summed E-state index contributed by atoms with van der Waals surface area (Å²) in [6.07, 6.45) is 2.69. The van der Waals surface area contributed by atoms with Crippen molar-refractivity contribution >= 4 is 17.8 Å². The lowest BCUT2D eigenvalue weighted by Crippen LogP contribution is -2.41. The maximum atomic E-state index is 12.5. The van der Waals surface area contributed by atoms with Crippen molar-refractivity contribution in [3.05, 3.63) is 29.8 Å². The summed E-state index contributed by atoms with van der Waals surface area (Å²) >= 11 is 0. The first-order chi connectivity index (χ1) is 11.6. The summed E-state index contributed by atoms with van der Waals surface area (Å²) < 4.78 is 5.15. The molecule has 24 heavy (non-hydrogen) atoms. The van der Waals surface area contributed by atoms with Crippen LogP contribution in [-0.4, -0.2) is 48.5 Å². The van der Waals surface area contributed by atoms with Gasteiger partial charge in [-0.05, 0) is 37.0 Å². The van der Waals surface area contributed by atoms with Gasteiger partial charge in [-0.1, -0.05) is 12.1 Å². The van der Waals surface area contributed by atoms with Crippen molar-refractivity contribution in [2.45, 2.75) is 37.8 Å². The van der Waals surface area contributed by atoms with Crippen molar-refractivity contribution < 1.29 is 19.1 Å². The van der Waals surface area contributed by atoms with Crippen molar-refractivity contribution in [1.82, 2.24) is 15.5 Å². The van der Waals surface area contributed by atoms with E-state index in [9.17, 15) is 14.4 Å². The molecule has 2 aliphatic rings. The maximum absolute atomic E-state index is 12.5. The van der Waals surface area contributed by atoms with Gasteiger partial charge in [-0.15, -0.1) is 0 Å². The van der Waals surface area contributed by atoms with Gasteiger partial charge in [0.1, 0.15) is 11.8 Å². The number of hydrogen-bond donors (Lipinski definition) is 2. The van der Waals surface area contributed by atoms with Crippen LogP contribution in [0.25, 0.3) is 0 Å². The Morgan fingerprint density at radius 2 is 2.04 bits per heavy atom. The highest BCUT2D eigenvalue weighted by Gasteiger charge is 2.35. The largest absolute Gasteiger partial charge is 0.497 e. The summed E-state index contributed by atoms with van der Waals surface area (Å²) in [5.41, 5.74) is 1.15. The molecule has 2 fully saturated rings. The van der Waals surface area contributed by atoms with Crippen LogP contribution in [0.5, 0.6) is 5.75 Å². The molecule has 0 aromatic heterocycles. The van der Waals surface area contributed by atoms with Gasteiger partial charge in [-0.3, -0.25) is 14.9 Å². The molecule has 7 heteroatoms. The average Bonchev–Trinajstić information content (AvgIpc) is 3.14. The van der Waals surface area contributed by atoms with Crippen LogP contribution in [0.15, 0.2) is 24.3 Å². The number of urea groups is 1. The van der Waals surface area contributed by atoms with Crippen LogP contribution in [-0.2, 0) is 16.0 Å². The predicted octanol–water partition coefficient (Wildman–Crippen LogP) is 0.827. The van der Waals surface area contributed by atoms with Crippen LogP contribution in [0.2, 0.25) is 0 Å². The third kappa shape index (κ3) is 3.50. The Morgan fingerprint density at radius 1 is 1.29 bits per heavy atom. The summed E-state index contributed by atoms with van der Waals surface area (Å²) in [4.78, 5) is 37.1. The second-order valence-electron chi connectivity index (χ2n) is 6.15. The summed E-state index contributed by atoms with van der Waals surface area (Å²) in [5.74, 6) is 0.286. The second-order valence-corrected chi connectivity index (χ2v) is 6.15. The number of carbonyl (C=O) groups is 3. The van der Waals surface area contributed by atoms with E-state index < -0.39 is 18.0 Å². The third-order valence-electron chi connectivity index (χ3n) is 4.57. The van der Waals surface area contributed by atoms with Gasteiger partial charge in [0.05, 0.1) is 13.5 Å². The lowest BCUT2D eigenvalue weighted by molar-refractivity contribution is -0.134. The van der Waals surface area contributed by atoms with Gasteiger partial charge < -0.3 is 15.0 Å².